The first-order chi connectivity index (χ1) is 6.91. The van der Waals surface area contributed by atoms with Crippen molar-refractivity contribution in [2.75, 3.05) is 0 Å². The van der Waals surface area contributed by atoms with E-state index in [-0.39, 0.29) is 12.5 Å². The van der Waals surface area contributed by atoms with Crippen LogP contribution in [0, 0.1) is 0 Å². The summed E-state index contributed by atoms with van der Waals surface area (Å²) in [6.45, 7) is 8.26. The van der Waals surface area contributed by atoms with Crippen LogP contribution >= 0.6 is 0 Å². The van der Waals surface area contributed by atoms with Gasteiger partial charge < -0.3 is 5.11 Å². The quantitative estimate of drug-likeness (QED) is 0.829. The molecule has 4 nitrogen and oxygen atoms in total. The summed E-state index contributed by atoms with van der Waals surface area (Å²) in [5.41, 5.74) is 1.74. The van der Waals surface area contributed by atoms with Gasteiger partial charge in [0, 0.05) is 11.7 Å². The van der Waals surface area contributed by atoms with Crippen LogP contribution in [0.1, 0.15) is 51.0 Å². The summed E-state index contributed by atoms with van der Waals surface area (Å²) in [4.78, 5) is 10.6. The molecule has 0 aliphatic rings. The maximum absolute atomic E-state index is 10.6. The molecule has 1 aromatic rings. The lowest BCUT2D eigenvalue weighted by molar-refractivity contribution is -0.136. The van der Waals surface area contributed by atoms with E-state index in [0.717, 1.165) is 5.69 Å². The smallest absolute Gasteiger partial charge is 0.309 e. The van der Waals surface area contributed by atoms with Crippen molar-refractivity contribution in [3.8, 4) is 0 Å². The van der Waals surface area contributed by atoms with E-state index in [1.165, 1.54) is 0 Å². The molecule has 84 valence electrons. The SMILES string of the molecule is CC(C)c1cc(CC(=O)O)nn1C(C)C. The lowest BCUT2D eigenvalue weighted by Crippen LogP contribution is -2.09. The molecule has 0 aromatic carbocycles. The zero-order valence-electron chi connectivity index (χ0n) is 9.69. The van der Waals surface area contributed by atoms with Crippen LogP contribution in [0.2, 0.25) is 0 Å². The maximum atomic E-state index is 10.6. The number of aliphatic carboxylic acids is 1. The van der Waals surface area contributed by atoms with Crippen LogP contribution in [0.15, 0.2) is 6.07 Å². The Kier molecular flexibility index (Phi) is 3.50. The Morgan fingerprint density at radius 2 is 2.07 bits per heavy atom. The number of carboxylic acid groups (broad SMARTS) is 1. The third-order valence-electron chi connectivity index (χ3n) is 2.23. The van der Waals surface area contributed by atoms with Gasteiger partial charge in [0.15, 0.2) is 0 Å². The second kappa shape index (κ2) is 4.47. The lowest BCUT2D eigenvalue weighted by atomic mass is 10.1. The topological polar surface area (TPSA) is 55.1 Å². The molecule has 0 unspecified atom stereocenters. The van der Waals surface area contributed by atoms with Gasteiger partial charge in [-0.25, -0.2) is 0 Å². The fourth-order valence-corrected chi connectivity index (χ4v) is 1.55. The molecule has 1 rings (SSSR count). The van der Waals surface area contributed by atoms with Gasteiger partial charge in [-0.2, -0.15) is 5.10 Å². The van der Waals surface area contributed by atoms with Crippen LogP contribution in [0.5, 0.6) is 0 Å². The van der Waals surface area contributed by atoms with Crippen molar-refractivity contribution in [2.24, 2.45) is 0 Å². The fourth-order valence-electron chi connectivity index (χ4n) is 1.55. The summed E-state index contributed by atoms with van der Waals surface area (Å²) in [5, 5.41) is 13.0. The van der Waals surface area contributed by atoms with Gasteiger partial charge in [-0.3, -0.25) is 9.48 Å². The van der Waals surface area contributed by atoms with Crippen LogP contribution in [0.3, 0.4) is 0 Å². The highest BCUT2D eigenvalue weighted by Crippen LogP contribution is 2.19. The molecule has 0 atom stereocenters. The van der Waals surface area contributed by atoms with Crippen molar-refractivity contribution >= 4 is 5.97 Å². The molecule has 0 saturated carbocycles. The van der Waals surface area contributed by atoms with Gasteiger partial charge in [0.1, 0.15) is 0 Å². The number of rotatable bonds is 4. The Labute approximate surface area is 89.9 Å². The standard InChI is InChI=1S/C11H18N2O2/c1-7(2)10-5-9(6-11(14)15)12-13(10)8(3)4/h5,7-8H,6H2,1-4H3,(H,14,15). The molecular formula is C11H18N2O2. The van der Waals surface area contributed by atoms with Gasteiger partial charge in [0.05, 0.1) is 12.1 Å². The third-order valence-corrected chi connectivity index (χ3v) is 2.23. The van der Waals surface area contributed by atoms with Crippen molar-refractivity contribution in [3.63, 3.8) is 0 Å². The van der Waals surface area contributed by atoms with Crippen LogP contribution in [0.25, 0.3) is 0 Å². The zero-order valence-corrected chi connectivity index (χ0v) is 9.69. The third kappa shape index (κ3) is 2.81. The minimum absolute atomic E-state index is 0.000556. The molecule has 1 N–H and O–H groups in total. The van der Waals surface area contributed by atoms with Gasteiger partial charge in [0.25, 0.3) is 0 Å². The van der Waals surface area contributed by atoms with E-state index in [2.05, 4.69) is 18.9 Å². The highest BCUT2D eigenvalue weighted by molar-refractivity contribution is 5.69. The predicted molar refractivity (Wildman–Crippen MR) is 58.0 cm³/mol. The van der Waals surface area contributed by atoms with E-state index in [9.17, 15) is 4.79 Å². The van der Waals surface area contributed by atoms with Gasteiger partial charge in [-0.1, -0.05) is 13.8 Å². The highest BCUT2D eigenvalue weighted by atomic mass is 16.4. The molecule has 0 aliphatic heterocycles. The molecular weight excluding hydrogens is 192 g/mol. The number of aromatic nitrogens is 2. The minimum atomic E-state index is -0.835. The van der Waals surface area contributed by atoms with E-state index in [1.54, 1.807) is 0 Å². The van der Waals surface area contributed by atoms with Crippen LogP contribution in [0.4, 0.5) is 0 Å². The average molecular weight is 210 g/mol. The summed E-state index contributed by atoms with van der Waals surface area (Å²) in [5.74, 6) is -0.471. The largest absolute Gasteiger partial charge is 0.481 e. The van der Waals surface area contributed by atoms with Gasteiger partial charge in [-0.05, 0) is 25.8 Å². The van der Waals surface area contributed by atoms with E-state index in [0.29, 0.717) is 11.6 Å². The van der Waals surface area contributed by atoms with Gasteiger partial charge >= 0.3 is 5.97 Å². The molecule has 4 heteroatoms. The van der Waals surface area contributed by atoms with E-state index >= 15 is 0 Å². The second-order valence-electron chi connectivity index (χ2n) is 4.32. The number of nitrogens with zero attached hydrogens (tertiary/aromatic N) is 2. The first kappa shape index (κ1) is 11.8. The predicted octanol–water partition coefficient (Wildman–Crippen LogP) is 2.21. The van der Waals surface area contributed by atoms with Gasteiger partial charge in [0.2, 0.25) is 0 Å². The Morgan fingerprint density at radius 1 is 1.47 bits per heavy atom. The van der Waals surface area contributed by atoms with Crippen LogP contribution in [-0.4, -0.2) is 20.9 Å². The average Bonchev–Trinajstić information content (AvgIpc) is 2.46. The Hall–Kier alpha value is -1.32. The van der Waals surface area contributed by atoms with Crippen molar-refractivity contribution in [1.82, 2.24) is 9.78 Å². The normalized spacial score (nSPS) is 11.3. The fraction of sp³-hybridized carbons (Fsp3) is 0.636. The molecule has 1 aromatic heterocycles. The molecule has 0 fully saturated rings. The maximum Gasteiger partial charge on any atom is 0.309 e. The van der Waals surface area contributed by atoms with Gasteiger partial charge in [-0.15, -0.1) is 0 Å². The van der Waals surface area contributed by atoms with Crippen molar-refractivity contribution in [2.45, 2.75) is 46.1 Å². The molecule has 15 heavy (non-hydrogen) atoms. The zero-order chi connectivity index (χ0) is 11.6. The second-order valence-corrected chi connectivity index (χ2v) is 4.32. The first-order valence-corrected chi connectivity index (χ1v) is 5.22. The molecule has 0 saturated heterocycles. The van der Waals surface area contributed by atoms with Crippen molar-refractivity contribution in [3.05, 3.63) is 17.5 Å². The Balaban J connectivity index is 3.03. The van der Waals surface area contributed by atoms with Crippen LogP contribution < -0.4 is 0 Å². The highest BCUT2D eigenvalue weighted by Gasteiger charge is 2.14. The molecule has 1 heterocycles. The number of hydrogen-bond acceptors (Lipinski definition) is 2. The summed E-state index contributed by atoms with van der Waals surface area (Å²) in [7, 11) is 0. The lowest BCUT2D eigenvalue weighted by Gasteiger charge is -2.12. The number of hydrogen-bond donors (Lipinski definition) is 1. The monoisotopic (exact) mass is 210 g/mol. The first-order valence-electron chi connectivity index (χ1n) is 5.22. The van der Waals surface area contributed by atoms with Crippen molar-refractivity contribution < 1.29 is 9.90 Å². The summed E-state index contributed by atoms with van der Waals surface area (Å²) in [6.07, 6.45) is -0.000556. The van der Waals surface area contributed by atoms with E-state index in [1.807, 2.05) is 24.6 Å². The number of carboxylic acids is 1. The van der Waals surface area contributed by atoms with Crippen molar-refractivity contribution in [1.29, 1.82) is 0 Å². The minimum Gasteiger partial charge on any atom is -0.481 e. The molecule has 0 amide bonds. The van der Waals surface area contributed by atoms with Crippen LogP contribution in [-0.2, 0) is 11.2 Å². The Morgan fingerprint density at radius 3 is 2.40 bits per heavy atom. The number of carbonyl (C=O) groups is 1. The van der Waals surface area contributed by atoms with E-state index < -0.39 is 5.97 Å². The summed E-state index contributed by atoms with van der Waals surface area (Å²) in [6, 6.07) is 2.16. The summed E-state index contributed by atoms with van der Waals surface area (Å²) < 4.78 is 1.91. The molecule has 0 bridgehead atoms. The van der Waals surface area contributed by atoms with E-state index in [4.69, 9.17) is 5.11 Å². The Bertz CT molecular complexity index is 328. The molecule has 0 aliphatic carbocycles. The summed E-state index contributed by atoms with van der Waals surface area (Å²) >= 11 is 0. The molecule has 0 radical (unpaired) electrons. The molecule has 0 spiro atoms.